The van der Waals surface area contributed by atoms with Crippen molar-refractivity contribution in [1.29, 1.82) is 5.26 Å². The molecule has 0 spiro atoms. The Morgan fingerprint density at radius 3 is 3.00 bits per heavy atom. The third kappa shape index (κ3) is 2.18. The second kappa shape index (κ2) is 3.90. The molecule has 1 rings (SSSR count). The van der Waals surface area contributed by atoms with Gasteiger partial charge in [0.15, 0.2) is 0 Å². The summed E-state index contributed by atoms with van der Waals surface area (Å²) >= 11 is 0. The summed E-state index contributed by atoms with van der Waals surface area (Å²) in [4.78, 5) is 22.1. The second-order valence-electron chi connectivity index (χ2n) is 2.91. The molecule has 0 aromatic heterocycles. The molecule has 1 saturated heterocycles. The molecule has 0 bridgehead atoms. The van der Waals surface area contributed by atoms with Crippen LogP contribution in [0.25, 0.3) is 0 Å². The monoisotopic (exact) mass is 182 g/mol. The number of piperidine rings is 1. The van der Waals surface area contributed by atoms with Crippen LogP contribution in [-0.4, -0.2) is 25.0 Å². The molecular weight excluding hydrogens is 172 g/mol. The van der Waals surface area contributed by atoms with Gasteiger partial charge in [-0.25, -0.2) is 0 Å². The molecule has 0 saturated carbocycles. The van der Waals surface area contributed by atoms with E-state index in [2.05, 4.69) is 10.1 Å². The zero-order valence-corrected chi connectivity index (χ0v) is 7.24. The van der Waals surface area contributed by atoms with E-state index in [1.54, 1.807) is 0 Å². The fraction of sp³-hybridized carbons (Fsp3) is 0.625. The van der Waals surface area contributed by atoms with Crippen LogP contribution in [0.15, 0.2) is 0 Å². The molecule has 1 N–H and O–H groups in total. The first-order chi connectivity index (χ1) is 6.17. The largest absolute Gasteiger partial charge is 0.469 e. The first-order valence-corrected chi connectivity index (χ1v) is 3.94. The first kappa shape index (κ1) is 9.52. The number of carbonyl (C=O) groups is 2. The molecule has 0 radical (unpaired) electrons. The Labute approximate surface area is 75.7 Å². The van der Waals surface area contributed by atoms with Gasteiger partial charge in [0.05, 0.1) is 19.1 Å². The predicted molar refractivity (Wildman–Crippen MR) is 42.3 cm³/mol. The Morgan fingerprint density at radius 2 is 2.46 bits per heavy atom. The Morgan fingerprint density at radius 1 is 1.77 bits per heavy atom. The summed E-state index contributed by atoms with van der Waals surface area (Å²) < 4.78 is 4.50. The lowest BCUT2D eigenvalue weighted by atomic mass is 9.93. The molecule has 5 heteroatoms. The van der Waals surface area contributed by atoms with Crippen molar-refractivity contribution in [3.05, 3.63) is 0 Å². The molecule has 1 amide bonds. The third-order valence-corrected chi connectivity index (χ3v) is 1.98. The Balaban J connectivity index is 2.63. The van der Waals surface area contributed by atoms with Crippen LogP contribution in [0.3, 0.4) is 0 Å². The highest BCUT2D eigenvalue weighted by Gasteiger charge is 2.31. The summed E-state index contributed by atoms with van der Waals surface area (Å²) in [6.07, 6.45) is 0.458. The standard InChI is InChI=1S/C8H10N2O3/c1-13-8(12)5-2-6(4-9)10-7(11)3-5/h5-6H,2-3H2,1H3,(H,10,11). The fourth-order valence-electron chi connectivity index (χ4n) is 1.34. The maximum Gasteiger partial charge on any atom is 0.309 e. The van der Waals surface area contributed by atoms with Crippen molar-refractivity contribution in [3.63, 3.8) is 0 Å². The van der Waals surface area contributed by atoms with Gasteiger partial charge in [-0.15, -0.1) is 0 Å². The van der Waals surface area contributed by atoms with Crippen LogP contribution in [0.5, 0.6) is 0 Å². The molecule has 0 aromatic rings. The van der Waals surface area contributed by atoms with Crippen molar-refractivity contribution in [2.45, 2.75) is 18.9 Å². The predicted octanol–water partition coefficient (Wildman–Crippen LogP) is -0.422. The zero-order valence-electron chi connectivity index (χ0n) is 7.24. The van der Waals surface area contributed by atoms with Crippen LogP contribution in [-0.2, 0) is 14.3 Å². The van der Waals surface area contributed by atoms with Crippen molar-refractivity contribution in [2.75, 3.05) is 7.11 Å². The summed E-state index contributed by atoms with van der Waals surface area (Å²) in [6.45, 7) is 0. The molecule has 0 aromatic carbocycles. The van der Waals surface area contributed by atoms with E-state index >= 15 is 0 Å². The number of nitrogens with zero attached hydrogens (tertiary/aromatic N) is 1. The van der Waals surface area contributed by atoms with Crippen molar-refractivity contribution in [1.82, 2.24) is 5.32 Å². The van der Waals surface area contributed by atoms with Gasteiger partial charge in [0.1, 0.15) is 6.04 Å². The van der Waals surface area contributed by atoms with E-state index in [0.29, 0.717) is 6.42 Å². The lowest BCUT2D eigenvalue weighted by molar-refractivity contribution is -0.149. The number of nitrogens with one attached hydrogen (secondary N) is 1. The number of nitriles is 1. The molecule has 1 aliphatic rings. The Kier molecular flexibility index (Phi) is 2.85. The average Bonchev–Trinajstić information content (AvgIpc) is 2.15. The van der Waals surface area contributed by atoms with Crippen LogP contribution < -0.4 is 5.32 Å². The summed E-state index contributed by atoms with van der Waals surface area (Å²) in [5, 5.41) is 11.0. The van der Waals surface area contributed by atoms with Gasteiger partial charge in [-0.3, -0.25) is 9.59 Å². The smallest absolute Gasteiger partial charge is 0.309 e. The second-order valence-corrected chi connectivity index (χ2v) is 2.91. The number of rotatable bonds is 1. The van der Waals surface area contributed by atoms with E-state index in [0.717, 1.165) is 0 Å². The van der Waals surface area contributed by atoms with E-state index in [-0.39, 0.29) is 12.3 Å². The van der Waals surface area contributed by atoms with Crippen LogP contribution in [0.1, 0.15) is 12.8 Å². The maximum absolute atomic E-state index is 11.1. The van der Waals surface area contributed by atoms with Crippen LogP contribution in [0.4, 0.5) is 0 Å². The number of amides is 1. The van der Waals surface area contributed by atoms with Gasteiger partial charge in [0.25, 0.3) is 0 Å². The number of hydrogen-bond acceptors (Lipinski definition) is 4. The minimum atomic E-state index is -0.564. The van der Waals surface area contributed by atoms with Gasteiger partial charge in [0.2, 0.25) is 5.91 Å². The number of methoxy groups -OCH3 is 1. The topological polar surface area (TPSA) is 79.2 Å². The molecule has 70 valence electrons. The summed E-state index contributed by atoms with van der Waals surface area (Å²) in [7, 11) is 1.27. The molecular formula is C8H10N2O3. The SMILES string of the molecule is COC(=O)C1CC(=O)NC(C#N)C1. The zero-order chi connectivity index (χ0) is 9.84. The van der Waals surface area contributed by atoms with Gasteiger partial charge in [-0.2, -0.15) is 5.26 Å². The van der Waals surface area contributed by atoms with Gasteiger partial charge in [-0.05, 0) is 6.42 Å². The van der Waals surface area contributed by atoms with Crippen LogP contribution in [0, 0.1) is 17.2 Å². The van der Waals surface area contributed by atoms with Gasteiger partial charge >= 0.3 is 5.97 Å². The highest BCUT2D eigenvalue weighted by molar-refractivity contribution is 5.84. The summed E-state index contributed by atoms with van der Waals surface area (Å²) in [6, 6.07) is 1.34. The molecule has 0 aliphatic carbocycles. The summed E-state index contributed by atoms with van der Waals surface area (Å²) in [5.74, 6) is -1.16. The highest BCUT2D eigenvalue weighted by Crippen LogP contribution is 2.17. The number of esters is 1. The van der Waals surface area contributed by atoms with Crippen molar-refractivity contribution in [3.8, 4) is 6.07 Å². The van der Waals surface area contributed by atoms with Gasteiger partial charge in [-0.1, -0.05) is 0 Å². The number of carbonyl (C=O) groups excluding carboxylic acids is 2. The molecule has 2 atom stereocenters. The van der Waals surface area contributed by atoms with E-state index in [1.807, 2.05) is 6.07 Å². The lowest BCUT2D eigenvalue weighted by Crippen LogP contribution is -2.43. The number of ether oxygens (including phenoxy) is 1. The molecule has 1 heterocycles. The maximum atomic E-state index is 11.1. The highest BCUT2D eigenvalue weighted by atomic mass is 16.5. The van der Waals surface area contributed by atoms with Crippen molar-refractivity contribution < 1.29 is 14.3 Å². The summed E-state index contributed by atoms with van der Waals surface area (Å²) in [5.41, 5.74) is 0. The molecule has 5 nitrogen and oxygen atoms in total. The fourth-order valence-corrected chi connectivity index (χ4v) is 1.34. The average molecular weight is 182 g/mol. The molecule has 1 aliphatic heterocycles. The van der Waals surface area contributed by atoms with E-state index in [1.165, 1.54) is 7.11 Å². The molecule has 13 heavy (non-hydrogen) atoms. The van der Waals surface area contributed by atoms with Gasteiger partial charge < -0.3 is 10.1 Å². The minimum Gasteiger partial charge on any atom is -0.469 e. The van der Waals surface area contributed by atoms with E-state index in [9.17, 15) is 9.59 Å². The van der Waals surface area contributed by atoms with Crippen molar-refractivity contribution >= 4 is 11.9 Å². The third-order valence-electron chi connectivity index (χ3n) is 1.98. The Hall–Kier alpha value is -1.57. The molecule has 2 unspecified atom stereocenters. The normalized spacial score (nSPS) is 27.2. The van der Waals surface area contributed by atoms with E-state index in [4.69, 9.17) is 5.26 Å². The number of hydrogen-bond donors (Lipinski definition) is 1. The van der Waals surface area contributed by atoms with Crippen LogP contribution in [0.2, 0.25) is 0 Å². The lowest BCUT2D eigenvalue weighted by Gasteiger charge is -2.23. The minimum absolute atomic E-state index is 0.116. The van der Waals surface area contributed by atoms with Crippen LogP contribution >= 0.6 is 0 Å². The first-order valence-electron chi connectivity index (χ1n) is 3.94. The quantitative estimate of drug-likeness (QED) is 0.558. The van der Waals surface area contributed by atoms with E-state index < -0.39 is 17.9 Å². The van der Waals surface area contributed by atoms with Crippen molar-refractivity contribution in [2.24, 2.45) is 5.92 Å². The molecule has 1 fully saturated rings. The van der Waals surface area contributed by atoms with Gasteiger partial charge in [0, 0.05) is 6.42 Å². The Bertz CT molecular complexity index is 269.